The van der Waals surface area contributed by atoms with E-state index in [0.717, 1.165) is 43.0 Å². The third-order valence-electron chi connectivity index (χ3n) is 4.78. The lowest BCUT2D eigenvalue weighted by Gasteiger charge is -2.31. The van der Waals surface area contributed by atoms with Crippen molar-refractivity contribution in [2.24, 2.45) is 5.73 Å². The van der Waals surface area contributed by atoms with Crippen molar-refractivity contribution in [3.63, 3.8) is 0 Å². The van der Waals surface area contributed by atoms with E-state index in [2.05, 4.69) is 48.0 Å². The zero-order valence-electron chi connectivity index (χ0n) is 14.2. The molecule has 4 rings (SSSR count). The smallest absolute Gasteiger partial charge is 0.154 e. The van der Waals surface area contributed by atoms with Crippen LogP contribution >= 0.6 is 0 Å². The van der Waals surface area contributed by atoms with Gasteiger partial charge in [0.15, 0.2) is 5.82 Å². The van der Waals surface area contributed by atoms with Crippen LogP contribution in [0.2, 0.25) is 0 Å². The minimum absolute atomic E-state index is 0.225. The summed E-state index contributed by atoms with van der Waals surface area (Å²) in [6.07, 6.45) is 5.94. The Labute approximate surface area is 142 Å². The molecule has 3 heterocycles. The van der Waals surface area contributed by atoms with Crippen LogP contribution in [0.1, 0.15) is 24.0 Å². The Morgan fingerprint density at radius 2 is 2.08 bits per heavy atom. The lowest BCUT2D eigenvalue weighted by atomic mass is 10.0. The Balaban J connectivity index is 1.79. The molecule has 2 N–H and O–H groups in total. The van der Waals surface area contributed by atoms with Crippen molar-refractivity contribution in [3.05, 3.63) is 47.8 Å². The number of aryl methyl sites for hydroxylation is 2. The number of benzene rings is 1. The molecule has 0 amide bonds. The normalized spacial score (nSPS) is 18.3. The van der Waals surface area contributed by atoms with Gasteiger partial charge in [-0.3, -0.25) is 0 Å². The van der Waals surface area contributed by atoms with Gasteiger partial charge < -0.3 is 10.6 Å². The molecule has 2 aromatic heterocycles. The maximum Gasteiger partial charge on any atom is 0.154 e. The van der Waals surface area contributed by atoms with Crippen molar-refractivity contribution in [3.8, 4) is 11.3 Å². The Bertz CT molecular complexity index is 883. The topological polar surface area (TPSA) is 59.5 Å². The van der Waals surface area contributed by atoms with E-state index in [1.165, 1.54) is 16.7 Å². The first kappa shape index (κ1) is 15.1. The molecular weight excluding hydrogens is 298 g/mol. The third kappa shape index (κ3) is 2.65. The van der Waals surface area contributed by atoms with Crippen LogP contribution in [0.5, 0.6) is 0 Å². The molecule has 5 nitrogen and oxygen atoms in total. The number of piperidine rings is 1. The summed E-state index contributed by atoms with van der Waals surface area (Å²) >= 11 is 0. The predicted molar refractivity (Wildman–Crippen MR) is 97.3 cm³/mol. The average molecular weight is 321 g/mol. The fourth-order valence-corrected chi connectivity index (χ4v) is 3.59. The SMILES string of the molecule is Cc1ccc(-c2cc3c(N4CCCC(N)C4)nccn3n2)c(C)c1. The van der Waals surface area contributed by atoms with Crippen molar-refractivity contribution < 1.29 is 0 Å². The molecule has 0 aliphatic carbocycles. The molecule has 1 aliphatic rings. The van der Waals surface area contributed by atoms with Crippen molar-refractivity contribution in [2.45, 2.75) is 32.7 Å². The highest BCUT2D eigenvalue weighted by molar-refractivity contribution is 5.76. The third-order valence-corrected chi connectivity index (χ3v) is 4.78. The largest absolute Gasteiger partial charge is 0.353 e. The fourth-order valence-electron chi connectivity index (χ4n) is 3.59. The summed E-state index contributed by atoms with van der Waals surface area (Å²) in [4.78, 5) is 6.91. The van der Waals surface area contributed by atoms with E-state index in [9.17, 15) is 0 Å². The van der Waals surface area contributed by atoms with E-state index < -0.39 is 0 Å². The van der Waals surface area contributed by atoms with E-state index in [4.69, 9.17) is 10.8 Å². The second-order valence-electron chi connectivity index (χ2n) is 6.78. The summed E-state index contributed by atoms with van der Waals surface area (Å²) in [5.41, 5.74) is 11.9. The summed E-state index contributed by atoms with van der Waals surface area (Å²) in [6.45, 7) is 6.11. The van der Waals surface area contributed by atoms with E-state index in [1.54, 1.807) is 0 Å². The van der Waals surface area contributed by atoms with Gasteiger partial charge in [-0.15, -0.1) is 0 Å². The van der Waals surface area contributed by atoms with Gasteiger partial charge in [0.05, 0.1) is 5.69 Å². The zero-order valence-corrected chi connectivity index (χ0v) is 14.2. The Morgan fingerprint density at radius 1 is 1.21 bits per heavy atom. The summed E-state index contributed by atoms with van der Waals surface area (Å²) in [5.74, 6) is 0.983. The van der Waals surface area contributed by atoms with Crippen LogP contribution in [0.3, 0.4) is 0 Å². The minimum atomic E-state index is 0.225. The first-order valence-electron chi connectivity index (χ1n) is 8.54. The van der Waals surface area contributed by atoms with Gasteiger partial charge in [0.25, 0.3) is 0 Å². The van der Waals surface area contributed by atoms with Gasteiger partial charge >= 0.3 is 0 Å². The minimum Gasteiger partial charge on any atom is -0.353 e. The molecule has 1 aromatic carbocycles. The number of nitrogens with zero attached hydrogens (tertiary/aromatic N) is 4. The number of nitrogens with two attached hydrogens (primary N) is 1. The Morgan fingerprint density at radius 3 is 2.88 bits per heavy atom. The van der Waals surface area contributed by atoms with Crippen LogP contribution in [0.15, 0.2) is 36.7 Å². The monoisotopic (exact) mass is 321 g/mol. The lowest BCUT2D eigenvalue weighted by Crippen LogP contribution is -2.43. The highest BCUT2D eigenvalue weighted by Crippen LogP contribution is 2.28. The fraction of sp³-hybridized carbons (Fsp3) is 0.368. The molecule has 5 heteroatoms. The van der Waals surface area contributed by atoms with E-state index in [-0.39, 0.29) is 6.04 Å². The van der Waals surface area contributed by atoms with E-state index in [0.29, 0.717) is 0 Å². The number of anilines is 1. The molecule has 124 valence electrons. The second-order valence-corrected chi connectivity index (χ2v) is 6.78. The maximum absolute atomic E-state index is 6.14. The van der Waals surface area contributed by atoms with E-state index in [1.807, 2.05) is 16.9 Å². The number of aromatic nitrogens is 3. The lowest BCUT2D eigenvalue weighted by molar-refractivity contribution is 0.503. The van der Waals surface area contributed by atoms with Gasteiger partial charge in [-0.2, -0.15) is 5.10 Å². The predicted octanol–water partition coefficient (Wildman–Crippen LogP) is 2.94. The maximum atomic E-state index is 6.14. The number of hydrogen-bond donors (Lipinski definition) is 1. The molecule has 1 fully saturated rings. The molecule has 0 spiro atoms. The number of hydrogen-bond acceptors (Lipinski definition) is 4. The van der Waals surface area contributed by atoms with Crippen LogP contribution in [-0.4, -0.2) is 33.7 Å². The molecule has 24 heavy (non-hydrogen) atoms. The van der Waals surface area contributed by atoms with Crippen molar-refractivity contribution >= 4 is 11.3 Å². The highest BCUT2D eigenvalue weighted by atomic mass is 15.3. The molecule has 1 saturated heterocycles. The number of fused-ring (bicyclic) bond motifs is 1. The zero-order chi connectivity index (χ0) is 16.7. The quantitative estimate of drug-likeness (QED) is 0.788. The van der Waals surface area contributed by atoms with Gasteiger partial charge in [-0.05, 0) is 38.3 Å². The summed E-state index contributed by atoms with van der Waals surface area (Å²) < 4.78 is 1.93. The molecule has 1 aliphatic heterocycles. The first-order valence-corrected chi connectivity index (χ1v) is 8.54. The molecule has 0 saturated carbocycles. The van der Waals surface area contributed by atoms with Gasteiger partial charge in [-0.25, -0.2) is 9.50 Å². The molecule has 0 bridgehead atoms. The van der Waals surface area contributed by atoms with Crippen LogP contribution in [0.4, 0.5) is 5.82 Å². The van der Waals surface area contributed by atoms with Crippen molar-refractivity contribution in [2.75, 3.05) is 18.0 Å². The van der Waals surface area contributed by atoms with Gasteiger partial charge in [0, 0.05) is 37.1 Å². The van der Waals surface area contributed by atoms with E-state index >= 15 is 0 Å². The summed E-state index contributed by atoms with van der Waals surface area (Å²) in [7, 11) is 0. The highest BCUT2D eigenvalue weighted by Gasteiger charge is 2.21. The van der Waals surface area contributed by atoms with Crippen LogP contribution in [0.25, 0.3) is 16.8 Å². The summed E-state index contributed by atoms with van der Waals surface area (Å²) in [6, 6.07) is 8.84. The number of rotatable bonds is 2. The van der Waals surface area contributed by atoms with Gasteiger partial charge in [0.2, 0.25) is 0 Å². The standard InChI is InChI=1S/C19H23N5/c1-13-5-6-16(14(2)10-13)17-11-18-19(21-7-9-24(18)22-17)23-8-3-4-15(20)12-23/h5-7,9-11,15H,3-4,8,12,20H2,1-2H3. The first-order chi connectivity index (χ1) is 11.6. The molecule has 1 unspecified atom stereocenters. The van der Waals surface area contributed by atoms with Crippen LogP contribution < -0.4 is 10.6 Å². The Kier molecular flexibility index (Phi) is 3.73. The van der Waals surface area contributed by atoms with Crippen molar-refractivity contribution in [1.29, 1.82) is 0 Å². The van der Waals surface area contributed by atoms with Crippen molar-refractivity contribution in [1.82, 2.24) is 14.6 Å². The molecule has 0 radical (unpaired) electrons. The van der Waals surface area contributed by atoms with Gasteiger partial charge in [-0.1, -0.05) is 23.8 Å². The second kappa shape index (κ2) is 5.91. The average Bonchev–Trinajstić information content (AvgIpc) is 2.98. The molecular formula is C19H23N5. The molecule has 3 aromatic rings. The molecule has 1 atom stereocenters. The van der Waals surface area contributed by atoms with Gasteiger partial charge in [0.1, 0.15) is 5.52 Å². The van der Waals surface area contributed by atoms with Crippen LogP contribution in [-0.2, 0) is 0 Å². The van der Waals surface area contributed by atoms with Crippen LogP contribution in [0, 0.1) is 13.8 Å². The summed E-state index contributed by atoms with van der Waals surface area (Å²) in [5, 5.41) is 4.77. The Hall–Kier alpha value is -2.40.